The second kappa shape index (κ2) is 4.40. The lowest BCUT2D eigenvalue weighted by Crippen LogP contribution is -2.39. The molecule has 1 unspecified atom stereocenters. The zero-order valence-electron chi connectivity index (χ0n) is 8.04. The van der Waals surface area contributed by atoms with Crippen LogP contribution in [0.25, 0.3) is 0 Å². The molecule has 1 aliphatic heterocycles. The quantitative estimate of drug-likeness (QED) is 0.679. The van der Waals surface area contributed by atoms with Crippen LogP contribution >= 0.6 is 0 Å². The molecule has 3 atom stereocenters. The van der Waals surface area contributed by atoms with E-state index >= 15 is 0 Å². The lowest BCUT2D eigenvalue weighted by atomic mass is 10.2. The lowest BCUT2D eigenvalue weighted by Gasteiger charge is -2.18. The number of hydrogen-bond acceptors (Lipinski definition) is 3. The Labute approximate surface area is 79.5 Å². The molecule has 0 radical (unpaired) electrons. The van der Waals surface area contributed by atoms with Gasteiger partial charge in [0.25, 0.3) is 0 Å². The van der Waals surface area contributed by atoms with E-state index in [9.17, 15) is 5.11 Å². The third-order valence-corrected chi connectivity index (χ3v) is 3.11. The van der Waals surface area contributed by atoms with Gasteiger partial charge in [0.05, 0.1) is 12.2 Å². The first-order valence-corrected chi connectivity index (χ1v) is 5.39. The summed E-state index contributed by atoms with van der Waals surface area (Å²) in [4.78, 5) is 0. The molecule has 1 aliphatic carbocycles. The Bertz CT molecular complexity index is 157. The highest BCUT2D eigenvalue weighted by atomic mass is 16.5. The second-order valence-electron chi connectivity index (χ2n) is 4.15. The molecule has 3 nitrogen and oxygen atoms in total. The zero-order valence-corrected chi connectivity index (χ0v) is 8.04. The smallest absolute Gasteiger partial charge is 0.0700 e. The molecular formula is C10H19NO2. The van der Waals surface area contributed by atoms with Gasteiger partial charge in [0.1, 0.15) is 0 Å². The second-order valence-corrected chi connectivity index (χ2v) is 4.15. The number of aliphatic hydroxyl groups excluding tert-OH is 1. The summed E-state index contributed by atoms with van der Waals surface area (Å²) in [5, 5.41) is 13.0. The fraction of sp³-hybridized carbons (Fsp3) is 1.00. The van der Waals surface area contributed by atoms with E-state index in [1.165, 1.54) is 12.8 Å². The molecule has 13 heavy (non-hydrogen) atoms. The van der Waals surface area contributed by atoms with Gasteiger partial charge in [-0.15, -0.1) is 0 Å². The van der Waals surface area contributed by atoms with E-state index in [4.69, 9.17) is 4.74 Å². The van der Waals surface area contributed by atoms with Gasteiger partial charge >= 0.3 is 0 Å². The predicted octanol–water partition coefficient (Wildman–Crippen LogP) is 0.668. The van der Waals surface area contributed by atoms with Crippen LogP contribution < -0.4 is 5.32 Å². The topological polar surface area (TPSA) is 41.5 Å². The average Bonchev–Trinajstić information content (AvgIpc) is 2.72. The van der Waals surface area contributed by atoms with Crippen molar-refractivity contribution in [3.8, 4) is 0 Å². The van der Waals surface area contributed by atoms with E-state index in [2.05, 4.69) is 5.32 Å². The summed E-state index contributed by atoms with van der Waals surface area (Å²) < 4.78 is 5.50. The van der Waals surface area contributed by atoms with Crippen molar-refractivity contribution in [2.75, 3.05) is 13.2 Å². The Morgan fingerprint density at radius 2 is 2.15 bits per heavy atom. The molecule has 0 aromatic rings. The van der Waals surface area contributed by atoms with Crippen LogP contribution in [-0.2, 0) is 4.74 Å². The summed E-state index contributed by atoms with van der Waals surface area (Å²) in [6.45, 7) is 1.83. The largest absolute Gasteiger partial charge is 0.392 e. The van der Waals surface area contributed by atoms with Crippen molar-refractivity contribution in [1.29, 1.82) is 0 Å². The van der Waals surface area contributed by atoms with Gasteiger partial charge in [0.2, 0.25) is 0 Å². The molecule has 76 valence electrons. The maximum absolute atomic E-state index is 9.56. The van der Waals surface area contributed by atoms with Crippen molar-refractivity contribution in [3.05, 3.63) is 0 Å². The number of nitrogens with one attached hydrogen (secondary N) is 1. The Morgan fingerprint density at radius 1 is 1.23 bits per heavy atom. The molecule has 0 spiro atoms. The number of hydrogen-bond donors (Lipinski definition) is 2. The van der Waals surface area contributed by atoms with Crippen molar-refractivity contribution in [3.63, 3.8) is 0 Å². The van der Waals surface area contributed by atoms with Crippen LogP contribution in [0.15, 0.2) is 0 Å². The van der Waals surface area contributed by atoms with Gasteiger partial charge in [-0.2, -0.15) is 0 Å². The maximum atomic E-state index is 9.56. The third-order valence-electron chi connectivity index (χ3n) is 3.11. The van der Waals surface area contributed by atoms with Crippen LogP contribution in [0.2, 0.25) is 0 Å². The standard InChI is InChI=1S/C10H19NO2/c12-10-5-1-4-9(10)11-7-8-3-2-6-13-8/h8-12H,1-7H2/t8?,9-,10-/m1/s1. The minimum absolute atomic E-state index is 0.124. The van der Waals surface area contributed by atoms with Gasteiger partial charge in [-0.3, -0.25) is 0 Å². The molecule has 3 heteroatoms. The summed E-state index contributed by atoms with van der Waals surface area (Å²) in [7, 11) is 0. The summed E-state index contributed by atoms with van der Waals surface area (Å²) >= 11 is 0. The first-order valence-electron chi connectivity index (χ1n) is 5.39. The molecule has 0 aromatic carbocycles. The number of aliphatic hydroxyl groups is 1. The van der Waals surface area contributed by atoms with Gasteiger partial charge in [-0.1, -0.05) is 0 Å². The van der Waals surface area contributed by atoms with Gasteiger partial charge in [-0.25, -0.2) is 0 Å². The SMILES string of the molecule is O[C@@H]1CCC[C@H]1NCC1CCCO1. The average molecular weight is 185 g/mol. The van der Waals surface area contributed by atoms with Gasteiger partial charge in [0, 0.05) is 19.2 Å². The van der Waals surface area contributed by atoms with Crippen molar-refractivity contribution in [2.45, 2.75) is 50.4 Å². The highest BCUT2D eigenvalue weighted by molar-refractivity contribution is 4.83. The van der Waals surface area contributed by atoms with E-state index < -0.39 is 0 Å². The first kappa shape index (κ1) is 9.44. The molecule has 1 saturated carbocycles. The van der Waals surface area contributed by atoms with Gasteiger partial charge in [-0.05, 0) is 32.1 Å². The minimum atomic E-state index is -0.124. The van der Waals surface area contributed by atoms with Crippen LogP contribution in [0, 0.1) is 0 Å². The molecule has 0 amide bonds. The summed E-state index contributed by atoms with van der Waals surface area (Å²) in [6.07, 6.45) is 5.88. The molecule has 1 heterocycles. The van der Waals surface area contributed by atoms with E-state index in [0.29, 0.717) is 12.1 Å². The maximum Gasteiger partial charge on any atom is 0.0700 e. The molecule has 2 fully saturated rings. The fourth-order valence-corrected chi connectivity index (χ4v) is 2.27. The fourth-order valence-electron chi connectivity index (χ4n) is 2.27. The molecule has 1 saturated heterocycles. The third kappa shape index (κ3) is 2.42. The minimum Gasteiger partial charge on any atom is -0.392 e. The monoisotopic (exact) mass is 185 g/mol. The Balaban J connectivity index is 1.66. The van der Waals surface area contributed by atoms with Crippen LogP contribution in [0.1, 0.15) is 32.1 Å². The van der Waals surface area contributed by atoms with Gasteiger partial charge < -0.3 is 15.2 Å². The molecule has 2 aliphatic rings. The highest BCUT2D eigenvalue weighted by Gasteiger charge is 2.26. The molecule has 2 N–H and O–H groups in total. The van der Waals surface area contributed by atoms with Crippen molar-refractivity contribution in [2.24, 2.45) is 0 Å². The molecule has 0 bridgehead atoms. The lowest BCUT2D eigenvalue weighted by molar-refractivity contribution is 0.0952. The number of rotatable bonds is 3. The van der Waals surface area contributed by atoms with E-state index in [0.717, 1.165) is 32.4 Å². The molecule has 0 aromatic heterocycles. The van der Waals surface area contributed by atoms with Crippen LogP contribution in [-0.4, -0.2) is 36.5 Å². The highest BCUT2D eigenvalue weighted by Crippen LogP contribution is 2.19. The zero-order chi connectivity index (χ0) is 9.10. The summed E-state index contributed by atoms with van der Waals surface area (Å²) in [5.74, 6) is 0. The van der Waals surface area contributed by atoms with Gasteiger partial charge in [0.15, 0.2) is 0 Å². The Hall–Kier alpha value is -0.120. The van der Waals surface area contributed by atoms with E-state index in [1.807, 2.05) is 0 Å². The summed E-state index contributed by atoms with van der Waals surface area (Å²) in [6, 6.07) is 0.323. The van der Waals surface area contributed by atoms with Crippen molar-refractivity contribution < 1.29 is 9.84 Å². The normalized spacial score (nSPS) is 39.9. The first-order chi connectivity index (χ1) is 6.36. The predicted molar refractivity (Wildman–Crippen MR) is 50.6 cm³/mol. The Morgan fingerprint density at radius 3 is 2.77 bits per heavy atom. The Kier molecular flexibility index (Phi) is 3.19. The number of ether oxygens (including phenoxy) is 1. The van der Waals surface area contributed by atoms with Crippen LogP contribution in [0.5, 0.6) is 0 Å². The molecular weight excluding hydrogens is 166 g/mol. The van der Waals surface area contributed by atoms with Crippen LogP contribution in [0.3, 0.4) is 0 Å². The van der Waals surface area contributed by atoms with Crippen molar-refractivity contribution in [1.82, 2.24) is 5.32 Å². The van der Waals surface area contributed by atoms with E-state index in [1.54, 1.807) is 0 Å². The summed E-state index contributed by atoms with van der Waals surface area (Å²) in [5.41, 5.74) is 0. The van der Waals surface area contributed by atoms with E-state index in [-0.39, 0.29) is 6.10 Å². The molecule has 2 rings (SSSR count). The van der Waals surface area contributed by atoms with Crippen molar-refractivity contribution >= 4 is 0 Å². The van der Waals surface area contributed by atoms with Crippen LogP contribution in [0.4, 0.5) is 0 Å².